The van der Waals surface area contributed by atoms with Gasteiger partial charge in [-0.25, -0.2) is 0 Å². The van der Waals surface area contributed by atoms with Gasteiger partial charge >= 0.3 is 0 Å². The van der Waals surface area contributed by atoms with Crippen LogP contribution in [0.1, 0.15) is 40.0 Å². The summed E-state index contributed by atoms with van der Waals surface area (Å²) in [6.07, 6.45) is 3.47. The summed E-state index contributed by atoms with van der Waals surface area (Å²) in [5.74, 6) is 0.542. The van der Waals surface area contributed by atoms with Crippen LogP contribution in [0.3, 0.4) is 0 Å². The van der Waals surface area contributed by atoms with Gasteiger partial charge in [-0.1, -0.05) is 33.6 Å². The fourth-order valence-electron chi connectivity index (χ4n) is 0.994. The highest BCUT2D eigenvalue weighted by Crippen LogP contribution is 2.03. The molecule has 0 aromatic carbocycles. The van der Waals surface area contributed by atoms with E-state index in [0.717, 1.165) is 12.8 Å². The van der Waals surface area contributed by atoms with Gasteiger partial charge in [0.2, 0.25) is 0 Å². The summed E-state index contributed by atoms with van der Waals surface area (Å²) in [6.45, 7) is 7.95. The van der Waals surface area contributed by atoms with Crippen molar-refractivity contribution in [2.75, 3.05) is 27.2 Å². The Hall–Kier alpha value is -0.0800. The van der Waals surface area contributed by atoms with Crippen molar-refractivity contribution in [1.29, 1.82) is 0 Å². The molecule has 0 bridgehead atoms. The van der Waals surface area contributed by atoms with Crippen LogP contribution in [0.25, 0.3) is 0 Å². The van der Waals surface area contributed by atoms with Crippen molar-refractivity contribution in [2.45, 2.75) is 40.0 Å². The van der Waals surface area contributed by atoms with Crippen LogP contribution in [0.2, 0.25) is 0 Å². The van der Waals surface area contributed by atoms with E-state index < -0.39 is 0 Å². The molecule has 0 aromatic heterocycles. The molecule has 2 nitrogen and oxygen atoms in total. The average Bonchev–Trinajstić information content (AvgIpc) is 2.08. The third-order valence-corrected chi connectivity index (χ3v) is 2.08. The SMILES string of the molecule is CCC(CC)CO.CCCN(C)C. The quantitative estimate of drug-likeness (QED) is 0.718. The molecule has 0 spiro atoms. The van der Waals surface area contributed by atoms with Gasteiger partial charge in [-0.3, -0.25) is 0 Å². The highest BCUT2D eigenvalue weighted by Gasteiger charge is 1.97. The second-order valence-electron chi connectivity index (χ2n) is 3.67. The molecule has 0 aromatic rings. The fourth-order valence-corrected chi connectivity index (χ4v) is 0.994. The molecule has 0 radical (unpaired) electrons. The summed E-state index contributed by atoms with van der Waals surface area (Å²) in [5.41, 5.74) is 0. The number of hydrogen-bond acceptors (Lipinski definition) is 2. The predicted molar refractivity (Wildman–Crippen MR) is 60.0 cm³/mol. The maximum atomic E-state index is 8.53. The van der Waals surface area contributed by atoms with Gasteiger partial charge in [0.1, 0.15) is 0 Å². The van der Waals surface area contributed by atoms with Crippen molar-refractivity contribution in [2.24, 2.45) is 5.92 Å². The Bertz CT molecular complexity index is 74.6. The van der Waals surface area contributed by atoms with Gasteiger partial charge in [0.15, 0.2) is 0 Å². The maximum Gasteiger partial charge on any atom is 0.0459 e. The van der Waals surface area contributed by atoms with Crippen molar-refractivity contribution in [3.05, 3.63) is 0 Å². The molecule has 0 unspecified atom stereocenters. The summed E-state index contributed by atoms with van der Waals surface area (Å²) in [4.78, 5) is 2.18. The second-order valence-corrected chi connectivity index (χ2v) is 3.67. The molecule has 0 aliphatic rings. The van der Waals surface area contributed by atoms with E-state index >= 15 is 0 Å². The minimum atomic E-state index is 0.354. The van der Waals surface area contributed by atoms with Crippen molar-refractivity contribution in [1.82, 2.24) is 4.90 Å². The molecule has 0 saturated carbocycles. The molecule has 0 saturated heterocycles. The van der Waals surface area contributed by atoms with E-state index in [9.17, 15) is 0 Å². The molecule has 0 rings (SSSR count). The lowest BCUT2D eigenvalue weighted by Gasteiger charge is -2.04. The minimum Gasteiger partial charge on any atom is -0.396 e. The largest absolute Gasteiger partial charge is 0.396 e. The number of aliphatic hydroxyl groups is 1. The van der Waals surface area contributed by atoms with Crippen molar-refractivity contribution >= 4 is 0 Å². The molecule has 13 heavy (non-hydrogen) atoms. The van der Waals surface area contributed by atoms with Crippen LogP contribution < -0.4 is 0 Å². The van der Waals surface area contributed by atoms with Gasteiger partial charge in [-0.15, -0.1) is 0 Å². The lowest BCUT2D eigenvalue weighted by molar-refractivity contribution is 0.219. The molecule has 82 valence electrons. The predicted octanol–water partition coefficient (Wildman–Crippen LogP) is 2.37. The number of hydrogen-bond donors (Lipinski definition) is 1. The first-order chi connectivity index (χ1) is 6.12. The summed E-state index contributed by atoms with van der Waals surface area (Å²) in [5, 5.41) is 8.53. The molecule has 2 heteroatoms. The Labute approximate surface area is 83.9 Å². The molecule has 0 amide bonds. The first-order valence-electron chi connectivity index (χ1n) is 5.37. The topological polar surface area (TPSA) is 23.5 Å². The first-order valence-corrected chi connectivity index (χ1v) is 5.37. The lowest BCUT2D eigenvalue weighted by atomic mass is 10.1. The van der Waals surface area contributed by atoms with Gasteiger partial charge in [-0.05, 0) is 33.0 Å². The van der Waals surface area contributed by atoms with E-state index in [0.29, 0.717) is 12.5 Å². The maximum absolute atomic E-state index is 8.53. The minimum absolute atomic E-state index is 0.354. The van der Waals surface area contributed by atoms with Crippen LogP contribution in [0.15, 0.2) is 0 Å². The smallest absolute Gasteiger partial charge is 0.0459 e. The summed E-state index contributed by atoms with van der Waals surface area (Å²) in [6, 6.07) is 0. The van der Waals surface area contributed by atoms with Gasteiger partial charge in [0, 0.05) is 6.61 Å². The standard InChI is InChI=1S/C6H14O.C5H13N/c1-3-6(4-2)5-7;1-4-5-6(2)3/h6-7H,3-5H2,1-2H3;4-5H2,1-3H3. The van der Waals surface area contributed by atoms with Crippen LogP contribution in [-0.4, -0.2) is 37.3 Å². The van der Waals surface area contributed by atoms with Gasteiger partial charge in [-0.2, -0.15) is 0 Å². The van der Waals surface area contributed by atoms with Crippen molar-refractivity contribution in [3.8, 4) is 0 Å². The highest BCUT2D eigenvalue weighted by molar-refractivity contribution is 4.48. The van der Waals surface area contributed by atoms with E-state index in [1.54, 1.807) is 0 Å². The molecular weight excluding hydrogens is 162 g/mol. The molecule has 0 atom stereocenters. The van der Waals surface area contributed by atoms with Gasteiger partial charge in [0.25, 0.3) is 0 Å². The second kappa shape index (κ2) is 11.9. The van der Waals surface area contributed by atoms with Crippen LogP contribution in [0.4, 0.5) is 0 Å². The molecular formula is C11H27NO. The van der Waals surface area contributed by atoms with Crippen LogP contribution in [0, 0.1) is 5.92 Å². The monoisotopic (exact) mass is 189 g/mol. The van der Waals surface area contributed by atoms with Gasteiger partial charge in [0.05, 0.1) is 0 Å². The number of aliphatic hydroxyl groups excluding tert-OH is 1. The van der Waals surface area contributed by atoms with E-state index in [1.165, 1.54) is 13.0 Å². The zero-order valence-corrected chi connectivity index (χ0v) is 10.0. The number of nitrogens with zero attached hydrogens (tertiary/aromatic N) is 1. The van der Waals surface area contributed by atoms with E-state index in [1.807, 2.05) is 0 Å². The molecule has 0 aliphatic heterocycles. The van der Waals surface area contributed by atoms with Crippen LogP contribution in [0.5, 0.6) is 0 Å². The third-order valence-electron chi connectivity index (χ3n) is 2.08. The number of rotatable bonds is 5. The van der Waals surface area contributed by atoms with Gasteiger partial charge < -0.3 is 10.0 Å². The highest BCUT2D eigenvalue weighted by atomic mass is 16.3. The average molecular weight is 189 g/mol. The van der Waals surface area contributed by atoms with Crippen molar-refractivity contribution < 1.29 is 5.11 Å². The summed E-state index contributed by atoms with van der Waals surface area (Å²) < 4.78 is 0. The summed E-state index contributed by atoms with van der Waals surface area (Å²) >= 11 is 0. The first kappa shape index (κ1) is 15.4. The molecule has 0 heterocycles. The van der Waals surface area contributed by atoms with E-state index in [2.05, 4.69) is 39.8 Å². The summed E-state index contributed by atoms with van der Waals surface area (Å²) in [7, 11) is 4.17. The Balaban J connectivity index is 0. The van der Waals surface area contributed by atoms with Crippen LogP contribution in [-0.2, 0) is 0 Å². The Morgan fingerprint density at radius 3 is 1.54 bits per heavy atom. The zero-order valence-electron chi connectivity index (χ0n) is 10.0. The molecule has 0 aliphatic carbocycles. The molecule has 1 N–H and O–H groups in total. The fraction of sp³-hybridized carbons (Fsp3) is 1.00. The Kier molecular flexibility index (Phi) is 14.1. The Morgan fingerprint density at radius 1 is 1.08 bits per heavy atom. The van der Waals surface area contributed by atoms with E-state index in [-0.39, 0.29) is 0 Å². The molecule has 0 fully saturated rings. The zero-order chi connectivity index (χ0) is 10.7. The third kappa shape index (κ3) is 14.7. The van der Waals surface area contributed by atoms with Crippen molar-refractivity contribution in [3.63, 3.8) is 0 Å². The van der Waals surface area contributed by atoms with Crippen LogP contribution >= 0.6 is 0 Å². The van der Waals surface area contributed by atoms with E-state index in [4.69, 9.17) is 5.11 Å². The lowest BCUT2D eigenvalue weighted by Crippen LogP contribution is -2.11. The Morgan fingerprint density at radius 2 is 1.54 bits per heavy atom. The normalized spacial score (nSPS) is 10.2.